The Morgan fingerprint density at radius 1 is 1.10 bits per heavy atom. The topological polar surface area (TPSA) is 38.1 Å². The number of rotatable bonds is 6. The van der Waals surface area contributed by atoms with Crippen molar-refractivity contribution < 1.29 is 5.11 Å². The van der Waals surface area contributed by atoms with Gasteiger partial charge in [0, 0.05) is 11.1 Å². The molecule has 2 heterocycles. The van der Waals surface area contributed by atoms with Crippen LogP contribution in [0.3, 0.4) is 0 Å². The van der Waals surface area contributed by atoms with Gasteiger partial charge in [-0.3, -0.25) is 0 Å². The van der Waals surface area contributed by atoms with Crippen LogP contribution >= 0.6 is 11.3 Å². The maximum absolute atomic E-state index is 10.4. The van der Waals surface area contributed by atoms with E-state index >= 15 is 0 Å². The number of benzene rings is 1. The first kappa shape index (κ1) is 14.0. The standard InChI is InChI=1S/C17H18N2OS/c20-17(10-4-8-15-9-5-13-21-15)16-11-12-18-19(16)14-6-2-1-3-7-14/h1-3,5-7,9,11-13,17,20H,4,8,10H2. The summed E-state index contributed by atoms with van der Waals surface area (Å²) in [5.41, 5.74) is 1.84. The second-order valence-corrected chi connectivity index (χ2v) is 6.02. The van der Waals surface area contributed by atoms with Gasteiger partial charge in [-0.15, -0.1) is 11.3 Å². The van der Waals surface area contributed by atoms with Crippen molar-refractivity contribution in [1.82, 2.24) is 9.78 Å². The molecule has 1 aromatic carbocycles. The van der Waals surface area contributed by atoms with E-state index in [4.69, 9.17) is 0 Å². The molecule has 0 spiro atoms. The quantitative estimate of drug-likeness (QED) is 0.747. The number of aryl methyl sites for hydroxylation is 1. The van der Waals surface area contributed by atoms with E-state index < -0.39 is 6.10 Å². The number of para-hydroxylation sites is 1. The van der Waals surface area contributed by atoms with Crippen molar-refractivity contribution in [2.24, 2.45) is 0 Å². The maximum Gasteiger partial charge on any atom is 0.0961 e. The lowest BCUT2D eigenvalue weighted by atomic mass is 10.1. The number of hydrogen-bond donors (Lipinski definition) is 1. The summed E-state index contributed by atoms with van der Waals surface area (Å²) in [6.07, 6.45) is 4.00. The van der Waals surface area contributed by atoms with Gasteiger partial charge in [-0.1, -0.05) is 24.3 Å². The largest absolute Gasteiger partial charge is 0.387 e. The van der Waals surface area contributed by atoms with E-state index in [0.29, 0.717) is 0 Å². The van der Waals surface area contributed by atoms with E-state index in [2.05, 4.69) is 22.6 Å². The number of hydrogen-bond acceptors (Lipinski definition) is 3. The normalized spacial score (nSPS) is 12.4. The first-order chi connectivity index (χ1) is 10.3. The zero-order valence-electron chi connectivity index (χ0n) is 11.7. The molecule has 3 nitrogen and oxygen atoms in total. The van der Waals surface area contributed by atoms with Crippen LogP contribution in [0.5, 0.6) is 0 Å². The summed E-state index contributed by atoms with van der Waals surface area (Å²) in [7, 11) is 0. The zero-order chi connectivity index (χ0) is 14.5. The highest BCUT2D eigenvalue weighted by molar-refractivity contribution is 7.09. The molecule has 21 heavy (non-hydrogen) atoms. The highest BCUT2D eigenvalue weighted by Gasteiger charge is 2.14. The predicted octanol–water partition coefficient (Wildman–Crippen LogP) is 3.99. The first-order valence-electron chi connectivity index (χ1n) is 7.14. The van der Waals surface area contributed by atoms with Crippen molar-refractivity contribution in [3.63, 3.8) is 0 Å². The summed E-state index contributed by atoms with van der Waals surface area (Å²) in [6, 6.07) is 16.0. The second-order valence-electron chi connectivity index (χ2n) is 4.99. The number of nitrogens with zero attached hydrogens (tertiary/aromatic N) is 2. The third-order valence-electron chi connectivity index (χ3n) is 3.50. The number of thiophene rings is 1. The van der Waals surface area contributed by atoms with Crippen LogP contribution in [0.25, 0.3) is 5.69 Å². The molecule has 0 aliphatic heterocycles. The van der Waals surface area contributed by atoms with Gasteiger partial charge in [0.15, 0.2) is 0 Å². The highest BCUT2D eigenvalue weighted by Crippen LogP contribution is 2.22. The van der Waals surface area contributed by atoms with Crippen molar-refractivity contribution in [2.45, 2.75) is 25.4 Å². The Balaban J connectivity index is 1.65. The summed E-state index contributed by atoms with van der Waals surface area (Å²) in [6.45, 7) is 0. The van der Waals surface area contributed by atoms with E-state index in [1.165, 1.54) is 4.88 Å². The molecule has 0 radical (unpaired) electrons. The molecule has 3 rings (SSSR count). The Kier molecular flexibility index (Phi) is 4.48. The van der Waals surface area contributed by atoms with Crippen molar-refractivity contribution in [3.8, 4) is 5.69 Å². The summed E-state index contributed by atoms with van der Waals surface area (Å²) >= 11 is 1.77. The van der Waals surface area contributed by atoms with Gasteiger partial charge in [0.2, 0.25) is 0 Å². The van der Waals surface area contributed by atoms with Gasteiger partial charge in [0.25, 0.3) is 0 Å². The molecule has 0 saturated heterocycles. The number of aromatic nitrogens is 2. The zero-order valence-corrected chi connectivity index (χ0v) is 12.5. The van der Waals surface area contributed by atoms with Gasteiger partial charge < -0.3 is 5.11 Å². The summed E-state index contributed by atoms with van der Waals surface area (Å²) < 4.78 is 1.82. The van der Waals surface area contributed by atoms with Crippen LogP contribution in [0.15, 0.2) is 60.1 Å². The molecule has 0 fully saturated rings. The Bertz CT molecular complexity index is 661. The average Bonchev–Trinajstić information content (AvgIpc) is 3.19. The molecule has 3 aromatic rings. The molecular weight excluding hydrogens is 280 g/mol. The Morgan fingerprint density at radius 3 is 2.71 bits per heavy atom. The Labute approximate surface area is 128 Å². The van der Waals surface area contributed by atoms with Crippen LogP contribution in [-0.2, 0) is 6.42 Å². The predicted molar refractivity (Wildman–Crippen MR) is 85.8 cm³/mol. The lowest BCUT2D eigenvalue weighted by Gasteiger charge is -2.13. The molecule has 4 heteroatoms. The third-order valence-corrected chi connectivity index (χ3v) is 4.43. The first-order valence-corrected chi connectivity index (χ1v) is 8.02. The fourth-order valence-corrected chi connectivity index (χ4v) is 3.17. The lowest BCUT2D eigenvalue weighted by Crippen LogP contribution is -2.07. The molecule has 0 bridgehead atoms. The average molecular weight is 298 g/mol. The molecule has 1 atom stereocenters. The van der Waals surface area contributed by atoms with Gasteiger partial charge >= 0.3 is 0 Å². The van der Waals surface area contributed by atoms with Crippen molar-refractivity contribution in [2.75, 3.05) is 0 Å². The number of aliphatic hydroxyl groups is 1. The van der Waals surface area contributed by atoms with E-state index in [-0.39, 0.29) is 0 Å². The molecule has 0 aliphatic carbocycles. The molecule has 1 N–H and O–H groups in total. The number of aliphatic hydroxyl groups excluding tert-OH is 1. The summed E-state index contributed by atoms with van der Waals surface area (Å²) in [4.78, 5) is 1.37. The van der Waals surface area contributed by atoms with Gasteiger partial charge in [-0.25, -0.2) is 4.68 Å². The van der Waals surface area contributed by atoms with Crippen molar-refractivity contribution in [1.29, 1.82) is 0 Å². The molecule has 0 saturated carbocycles. The molecule has 108 valence electrons. The van der Waals surface area contributed by atoms with Crippen molar-refractivity contribution in [3.05, 3.63) is 70.7 Å². The SMILES string of the molecule is OC(CCCc1cccs1)c1ccnn1-c1ccccc1. The summed E-state index contributed by atoms with van der Waals surface area (Å²) in [5.74, 6) is 0. The van der Waals surface area contributed by atoms with Crippen LogP contribution < -0.4 is 0 Å². The van der Waals surface area contributed by atoms with Crippen LogP contribution in [0.2, 0.25) is 0 Å². The fraction of sp³-hybridized carbons (Fsp3) is 0.235. The van der Waals surface area contributed by atoms with Gasteiger partial charge in [-0.2, -0.15) is 5.10 Å². The van der Waals surface area contributed by atoms with Gasteiger partial charge in [-0.05, 0) is 48.9 Å². The molecule has 0 amide bonds. The molecule has 1 unspecified atom stereocenters. The molecule has 0 aliphatic rings. The van der Waals surface area contributed by atoms with Crippen LogP contribution in [0, 0.1) is 0 Å². The Morgan fingerprint density at radius 2 is 1.95 bits per heavy atom. The second kappa shape index (κ2) is 6.70. The third kappa shape index (κ3) is 3.40. The van der Waals surface area contributed by atoms with E-state index in [1.807, 2.05) is 41.1 Å². The van der Waals surface area contributed by atoms with Gasteiger partial charge in [0.05, 0.1) is 17.5 Å². The molecular formula is C17H18N2OS. The van der Waals surface area contributed by atoms with E-state index in [1.54, 1.807) is 17.5 Å². The lowest BCUT2D eigenvalue weighted by molar-refractivity contribution is 0.157. The highest BCUT2D eigenvalue weighted by atomic mass is 32.1. The monoisotopic (exact) mass is 298 g/mol. The minimum absolute atomic E-state index is 0.479. The minimum Gasteiger partial charge on any atom is -0.387 e. The minimum atomic E-state index is -0.479. The summed E-state index contributed by atoms with van der Waals surface area (Å²) in [5, 5.41) is 16.8. The fourth-order valence-electron chi connectivity index (χ4n) is 2.42. The van der Waals surface area contributed by atoms with Crippen molar-refractivity contribution >= 4 is 11.3 Å². The van der Waals surface area contributed by atoms with E-state index in [9.17, 15) is 5.11 Å². The smallest absolute Gasteiger partial charge is 0.0961 e. The van der Waals surface area contributed by atoms with Crippen LogP contribution in [0.4, 0.5) is 0 Å². The van der Waals surface area contributed by atoms with E-state index in [0.717, 1.165) is 30.6 Å². The van der Waals surface area contributed by atoms with Crippen LogP contribution in [-0.4, -0.2) is 14.9 Å². The maximum atomic E-state index is 10.4. The molecule has 2 aromatic heterocycles. The van der Waals surface area contributed by atoms with Crippen LogP contribution in [0.1, 0.15) is 29.5 Å². The van der Waals surface area contributed by atoms with Gasteiger partial charge in [0.1, 0.15) is 0 Å². The Hall–Kier alpha value is -1.91.